The van der Waals surface area contributed by atoms with Crippen molar-refractivity contribution in [1.29, 1.82) is 0 Å². The standard InChI is InChI=1S/C25H20ClNO4/c1-30-22-12-9-17(13-23(22)31-2)24(28)20-15-27(14-16-7-10-18(26)11-8-16)21-6-4-3-5-19(21)25(20)29/h3-13,15H,14H2,1-2H3. The molecule has 0 N–H and O–H groups in total. The maximum absolute atomic E-state index is 13.3. The molecule has 0 aliphatic heterocycles. The van der Waals surface area contributed by atoms with E-state index >= 15 is 0 Å². The monoisotopic (exact) mass is 433 g/mol. The van der Waals surface area contributed by atoms with Crippen LogP contribution in [0.25, 0.3) is 10.9 Å². The number of pyridine rings is 1. The third kappa shape index (κ3) is 4.05. The van der Waals surface area contributed by atoms with Crippen LogP contribution in [-0.4, -0.2) is 24.6 Å². The van der Waals surface area contributed by atoms with E-state index in [2.05, 4.69) is 0 Å². The molecule has 0 amide bonds. The first-order valence-corrected chi connectivity index (χ1v) is 10.0. The number of fused-ring (bicyclic) bond motifs is 1. The van der Waals surface area contributed by atoms with Crippen molar-refractivity contribution in [3.8, 4) is 11.5 Å². The van der Waals surface area contributed by atoms with Gasteiger partial charge in [-0.25, -0.2) is 0 Å². The van der Waals surface area contributed by atoms with Crippen molar-refractivity contribution in [3.63, 3.8) is 0 Å². The number of hydrogen-bond acceptors (Lipinski definition) is 4. The van der Waals surface area contributed by atoms with Crippen LogP contribution in [0.3, 0.4) is 0 Å². The second-order valence-corrected chi connectivity index (χ2v) is 7.48. The summed E-state index contributed by atoms with van der Waals surface area (Å²) in [5.41, 5.74) is 1.90. The normalized spacial score (nSPS) is 10.8. The highest BCUT2D eigenvalue weighted by Crippen LogP contribution is 2.28. The number of benzene rings is 3. The predicted molar refractivity (Wildman–Crippen MR) is 122 cm³/mol. The minimum Gasteiger partial charge on any atom is -0.493 e. The van der Waals surface area contributed by atoms with E-state index in [0.29, 0.717) is 34.0 Å². The van der Waals surface area contributed by atoms with Gasteiger partial charge < -0.3 is 14.0 Å². The zero-order chi connectivity index (χ0) is 22.0. The van der Waals surface area contributed by atoms with E-state index in [1.54, 1.807) is 36.5 Å². The van der Waals surface area contributed by atoms with Crippen molar-refractivity contribution in [2.45, 2.75) is 6.54 Å². The Morgan fingerprint density at radius 2 is 1.65 bits per heavy atom. The lowest BCUT2D eigenvalue weighted by Crippen LogP contribution is -2.20. The van der Waals surface area contributed by atoms with Crippen LogP contribution in [0, 0.1) is 0 Å². The number of para-hydroxylation sites is 1. The van der Waals surface area contributed by atoms with Gasteiger partial charge in [0.25, 0.3) is 0 Å². The van der Waals surface area contributed by atoms with Gasteiger partial charge in [0, 0.05) is 28.7 Å². The zero-order valence-corrected chi connectivity index (χ0v) is 17.8. The van der Waals surface area contributed by atoms with Crippen molar-refractivity contribution in [2.75, 3.05) is 14.2 Å². The molecule has 1 heterocycles. The highest BCUT2D eigenvalue weighted by molar-refractivity contribution is 6.30. The average Bonchev–Trinajstić information content (AvgIpc) is 2.81. The van der Waals surface area contributed by atoms with Crippen LogP contribution in [0.15, 0.2) is 77.7 Å². The van der Waals surface area contributed by atoms with Gasteiger partial charge in [0.2, 0.25) is 5.43 Å². The highest BCUT2D eigenvalue weighted by atomic mass is 35.5. The molecular formula is C25H20ClNO4. The van der Waals surface area contributed by atoms with Gasteiger partial charge in [0.1, 0.15) is 0 Å². The summed E-state index contributed by atoms with van der Waals surface area (Å²) in [4.78, 5) is 26.5. The summed E-state index contributed by atoms with van der Waals surface area (Å²) in [7, 11) is 3.03. The lowest BCUT2D eigenvalue weighted by Gasteiger charge is -2.14. The molecule has 1 aromatic heterocycles. The van der Waals surface area contributed by atoms with Crippen LogP contribution < -0.4 is 14.9 Å². The number of ketones is 1. The van der Waals surface area contributed by atoms with Crippen LogP contribution in [0.4, 0.5) is 0 Å². The maximum atomic E-state index is 13.3. The van der Waals surface area contributed by atoms with E-state index in [1.807, 2.05) is 41.0 Å². The van der Waals surface area contributed by atoms with Gasteiger partial charge in [-0.3, -0.25) is 9.59 Å². The van der Waals surface area contributed by atoms with Crippen LogP contribution >= 0.6 is 11.6 Å². The summed E-state index contributed by atoms with van der Waals surface area (Å²) in [6.07, 6.45) is 1.62. The largest absolute Gasteiger partial charge is 0.493 e. The minimum absolute atomic E-state index is 0.0971. The van der Waals surface area contributed by atoms with E-state index in [0.717, 1.165) is 11.1 Å². The fraction of sp³-hybridized carbons (Fsp3) is 0.120. The van der Waals surface area contributed by atoms with E-state index in [4.69, 9.17) is 21.1 Å². The summed E-state index contributed by atoms with van der Waals surface area (Å²) in [5, 5.41) is 1.14. The van der Waals surface area contributed by atoms with Gasteiger partial charge in [-0.15, -0.1) is 0 Å². The van der Waals surface area contributed by atoms with Gasteiger partial charge in [-0.05, 0) is 48.0 Å². The number of aromatic nitrogens is 1. The van der Waals surface area contributed by atoms with Crippen molar-refractivity contribution >= 4 is 28.3 Å². The Morgan fingerprint density at radius 1 is 0.935 bits per heavy atom. The maximum Gasteiger partial charge on any atom is 0.200 e. The summed E-state index contributed by atoms with van der Waals surface area (Å²) in [6, 6.07) is 19.6. The molecule has 4 rings (SSSR count). The number of halogens is 1. The molecule has 4 aromatic rings. The first-order chi connectivity index (χ1) is 15.0. The Labute approximate surface area is 184 Å². The number of carbonyl (C=O) groups excluding carboxylic acids is 1. The van der Waals surface area contributed by atoms with Gasteiger partial charge in [0.15, 0.2) is 17.3 Å². The second-order valence-electron chi connectivity index (χ2n) is 7.04. The van der Waals surface area contributed by atoms with Crippen LogP contribution in [0.1, 0.15) is 21.5 Å². The lowest BCUT2D eigenvalue weighted by molar-refractivity contribution is 0.103. The second kappa shape index (κ2) is 8.66. The SMILES string of the molecule is COc1ccc(C(=O)c2cn(Cc3ccc(Cl)cc3)c3ccccc3c2=O)cc1OC. The molecule has 0 fully saturated rings. The van der Waals surface area contributed by atoms with Crippen molar-refractivity contribution in [1.82, 2.24) is 4.57 Å². The zero-order valence-electron chi connectivity index (χ0n) is 17.1. The molecule has 0 aliphatic rings. The van der Waals surface area contributed by atoms with Gasteiger partial charge in [-0.2, -0.15) is 0 Å². The Kier molecular flexibility index (Phi) is 5.78. The number of carbonyl (C=O) groups is 1. The number of hydrogen-bond donors (Lipinski definition) is 0. The Morgan fingerprint density at radius 3 is 2.35 bits per heavy atom. The molecule has 0 atom stereocenters. The molecule has 5 nitrogen and oxygen atoms in total. The first-order valence-electron chi connectivity index (χ1n) is 9.65. The lowest BCUT2D eigenvalue weighted by atomic mass is 10.0. The predicted octanol–water partition coefficient (Wildman–Crippen LogP) is 4.95. The van der Waals surface area contributed by atoms with Gasteiger partial charge in [0.05, 0.1) is 25.3 Å². The van der Waals surface area contributed by atoms with E-state index in [9.17, 15) is 9.59 Å². The first kappa shape index (κ1) is 20.7. The fourth-order valence-corrected chi connectivity index (χ4v) is 3.68. The molecule has 0 saturated heterocycles. The van der Waals surface area contributed by atoms with Gasteiger partial charge >= 0.3 is 0 Å². The fourth-order valence-electron chi connectivity index (χ4n) is 3.56. The van der Waals surface area contributed by atoms with Crippen molar-refractivity contribution in [2.24, 2.45) is 0 Å². The average molecular weight is 434 g/mol. The highest BCUT2D eigenvalue weighted by Gasteiger charge is 2.19. The van der Waals surface area contributed by atoms with Crippen molar-refractivity contribution in [3.05, 3.63) is 105 Å². The summed E-state index contributed by atoms with van der Waals surface area (Å²) >= 11 is 6.00. The van der Waals surface area contributed by atoms with Crippen LogP contribution in [0.2, 0.25) is 5.02 Å². The third-order valence-corrected chi connectivity index (χ3v) is 5.40. The quantitative estimate of drug-likeness (QED) is 0.404. The molecular weight excluding hydrogens is 414 g/mol. The molecule has 3 aromatic carbocycles. The number of methoxy groups -OCH3 is 2. The number of rotatable bonds is 6. The third-order valence-electron chi connectivity index (χ3n) is 5.14. The van der Waals surface area contributed by atoms with E-state index in [1.165, 1.54) is 14.2 Å². The Bertz CT molecular complexity index is 1330. The Hall–Kier alpha value is -3.57. The summed E-state index contributed by atoms with van der Waals surface area (Å²) in [5.74, 6) is 0.565. The van der Waals surface area contributed by atoms with Crippen LogP contribution in [0.5, 0.6) is 11.5 Å². The molecule has 0 aliphatic carbocycles. The van der Waals surface area contributed by atoms with Crippen LogP contribution in [-0.2, 0) is 6.54 Å². The van der Waals surface area contributed by atoms with E-state index in [-0.39, 0.29) is 16.8 Å². The molecule has 156 valence electrons. The Balaban J connectivity index is 1.84. The summed E-state index contributed by atoms with van der Waals surface area (Å²) in [6.45, 7) is 0.490. The molecule has 0 radical (unpaired) electrons. The van der Waals surface area contributed by atoms with Crippen molar-refractivity contribution < 1.29 is 14.3 Å². The molecule has 0 spiro atoms. The molecule has 6 heteroatoms. The summed E-state index contributed by atoms with van der Waals surface area (Å²) < 4.78 is 12.5. The topological polar surface area (TPSA) is 57.5 Å². The number of ether oxygens (including phenoxy) is 2. The van der Waals surface area contributed by atoms with E-state index < -0.39 is 0 Å². The molecule has 31 heavy (non-hydrogen) atoms. The molecule has 0 saturated carbocycles. The van der Waals surface area contributed by atoms with Gasteiger partial charge in [-0.1, -0.05) is 35.9 Å². The smallest absolute Gasteiger partial charge is 0.200 e. The molecule has 0 unspecified atom stereocenters. The molecule has 0 bridgehead atoms. The minimum atomic E-state index is -0.374. The number of nitrogens with zero attached hydrogens (tertiary/aromatic N) is 1.